The highest BCUT2D eigenvalue weighted by Crippen LogP contribution is 2.20. The average Bonchev–Trinajstić information content (AvgIpc) is 3.30. The number of halogens is 1. The molecule has 0 unspecified atom stereocenters. The monoisotopic (exact) mass is 445 g/mol. The minimum Gasteiger partial charge on any atom is -0.465 e. The van der Waals surface area contributed by atoms with Gasteiger partial charge in [-0.15, -0.1) is 0 Å². The fraction of sp³-hybridized carbons (Fsp3) is 0.263. The second-order valence-electron chi connectivity index (χ2n) is 6.69. The first kappa shape index (κ1) is 19.8. The Morgan fingerprint density at radius 2 is 1.93 bits per heavy atom. The van der Waals surface area contributed by atoms with Crippen molar-refractivity contribution in [3.8, 4) is 0 Å². The summed E-state index contributed by atoms with van der Waals surface area (Å²) in [5.41, 5.74) is 0.930. The molecule has 0 aliphatic carbocycles. The van der Waals surface area contributed by atoms with E-state index in [4.69, 9.17) is 4.74 Å². The van der Waals surface area contributed by atoms with E-state index in [2.05, 4.69) is 31.4 Å². The maximum Gasteiger partial charge on any atom is 0.338 e. The van der Waals surface area contributed by atoms with Crippen LogP contribution in [0.25, 0.3) is 0 Å². The first-order valence-electron chi connectivity index (χ1n) is 8.52. The van der Waals surface area contributed by atoms with Crippen LogP contribution >= 0.6 is 15.9 Å². The minimum atomic E-state index is -0.883. The predicted octanol–water partition coefficient (Wildman–Crippen LogP) is 3.05. The van der Waals surface area contributed by atoms with Gasteiger partial charge in [0, 0.05) is 12.4 Å². The zero-order valence-electron chi connectivity index (χ0n) is 15.7. The number of carbonyl (C=O) groups is 2. The van der Waals surface area contributed by atoms with Crippen molar-refractivity contribution in [1.29, 1.82) is 0 Å². The van der Waals surface area contributed by atoms with Gasteiger partial charge in [0.1, 0.15) is 5.54 Å². The lowest BCUT2D eigenvalue weighted by molar-refractivity contribution is -0.123. The molecule has 9 heteroatoms. The normalized spacial score (nSPS) is 11.3. The van der Waals surface area contributed by atoms with Gasteiger partial charge in [-0.05, 0) is 41.4 Å². The molecular weight excluding hydrogens is 426 g/mol. The van der Waals surface area contributed by atoms with Crippen LogP contribution < -0.4 is 5.32 Å². The standard InChI is InChI=1S/C19H20BrN5O3/c1-19(2,25-11-14(20)8-22-25)18(27)23-15-9-21-24(12-15)10-13-6-4-5-7-16(13)17(26)28-3/h4-9,11-12H,10H2,1-3H3,(H,23,27). The Hall–Kier alpha value is -2.94. The van der Waals surface area contributed by atoms with Gasteiger partial charge in [0.05, 0.1) is 41.8 Å². The van der Waals surface area contributed by atoms with Gasteiger partial charge in [-0.1, -0.05) is 18.2 Å². The number of amides is 1. The van der Waals surface area contributed by atoms with Gasteiger partial charge in [0.15, 0.2) is 0 Å². The molecule has 0 spiro atoms. The van der Waals surface area contributed by atoms with Crippen molar-refractivity contribution >= 4 is 33.5 Å². The summed E-state index contributed by atoms with van der Waals surface area (Å²) in [5, 5.41) is 11.3. The second kappa shape index (κ2) is 7.97. The SMILES string of the molecule is COC(=O)c1ccccc1Cn1cc(NC(=O)C(C)(C)n2cc(Br)cn2)cn1. The second-order valence-corrected chi connectivity index (χ2v) is 7.61. The molecule has 2 heterocycles. The lowest BCUT2D eigenvalue weighted by Crippen LogP contribution is -2.40. The molecule has 1 N–H and O–H groups in total. The highest BCUT2D eigenvalue weighted by atomic mass is 79.9. The van der Waals surface area contributed by atoms with Crippen LogP contribution in [0.2, 0.25) is 0 Å². The van der Waals surface area contributed by atoms with E-state index in [-0.39, 0.29) is 5.91 Å². The number of hydrogen-bond donors (Lipinski definition) is 1. The number of rotatable bonds is 6. The van der Waals surface area contributed by atoms with Gasteiger partial charge in [-0.3, -0.25) is 14.2 Å². The fourth-order valence-corrected chi connectivity index (χ4v) is 2.94. The lowest BCUT2D eigenvalue weighted by Gasteiger charge is -2.23. The minimum absolute atomic E-state index is 0.224. The van der Waals surface area contributed by atoms with Crippen molar-refractivity contribution in [2.75, 3.05) is 12.4 Å². The van der Waals surface area contributed by atoms with Gasteiger partial charge >= 0.3 is 5.97 Å². The van der Waals surface area contributed by atoms with Crippen LogP contribution in [-0.2, 0) is 21.6 Å². The molecule has 0 saturated heterocycles. The number of aromatic nitrogens is 4. The van der Waals surface area contributed by atoms with Crippen LogP contribution in [0.15, 0.2) is 53.5 Å². The smallest absolute Gasteiger partial charge is 0.338 e. The predicted molar refractivity (Wildman–Crippen MR) is 107 cm³/mol. The molecule has 3 aromatic rings. The topological polar surface area (TPSA) is 91.0 Å². The molecule has 0 radical (unpaired) electrons. The van der Waals surface area contributed by atoms with E-state index < -0.39 is 11.5 Å². The number of benzene rings is 1. The molecule has 1 amide bonds. The molecule has 0 aliphatic rings. The summed E-state index contributed by atoms with van der Waals surface area (Å²) in [5.74, 6) is -0.624. The number of hydrogen-bond acceptors (Lipinski definition) is 5. The van der Waals surface area contributed by atoms with Crippen LogP contribution in [0.4, 0.5) is 5.69 Å². The number of methoxy groups -OCH3 is 1. The van der Waals surface area contributed by atoms with E-state index in [0.717, 1.165) is 10.0 Å². The van der Waals surface area contributed by atoms with Crippen molar-refractivity contribution in [2.45, 2.75) is 25.9 Å². The molecule has 146 valence electrons. The van der Waals surface area contributed by atoms with Crippen molar-refractivity contribution in [3.63, 3.8) is 0 Å². The Balaban J connectivity index is 1.73. The molecule has 0 atom stereocenters. The van der Waals surface area contributed by atoms with E-state index in [1.165, 1.54) is 7.11 Å². The third-order valence-corrected chi connectivity index (χ3v) is 4.74. The van der Waals surface area contributed by atoms with Gasteiger partial charge in [-0.25, -0.2) is 4.79 Å². The molecule has 0 fully saturated rings. The van der Waals surface area contributed by atoms with E-state index in [1.54, 1.807) is 60.1 Å². The third kappa shape index (κ3) is 4.14. The van der Waals surface area contributed by atoms with Crippen LogP contribution in [0, 0.1) is 0 Å². The third-order valence-electron chi connectivity index (χ3n) is 4.33. The van der Waals surface area contributed by atoms with Crippen LogP contribution in [0.1, 0.15) is 29.8 Å². The van der Waals surface area contributed by atoms with E-state index in [1.807, 2.05) is 12.1 Å². The zero-order valence-corrected chi connectivity index (χ0v) is 17.3. The maximum absolute atomic E-state index is 12.7. The fourth-order valence-electron chi connectivity index (χ4n) is 2.65. The molecule has 8 nitrogen and oxygen atoms in total. The summed E-state index contributed by atoms with van der Waals surface area (Å²) in [6.07, 6.45) is 6.65. The van der Waals surface area contributed by atoms with Gasteiger partial charge in [0.25, 0.3) is 5.91 Å². The lowest BCUT2D eigenvalue weighted by atomic mass is 10.1. The van der Waals surface area contributed by atoms with Crippen LogP contribution in [0.5, 0.6) is 0 Å². The number of ether oxygens (including phenoxy) is 1. The summed E-state index contributed by atoms with van der Waals surface area (Å²) >= 11 is 3.34. The number of esters is 1. The molecule has 0 aliphatic heterocycles. The van der Waals surface area contributed by atoms with Crippen molar-refractivity contribution in [3.05, 3.63) is 64.7 Å². The summed E-state index contributed by atoms with van der Waals surface area (Å²) < 4.78 is 8.85. The zero-order chi connectivity index (χ0) is 20.3. The maximum atomic E-state index is 12.7. The van der Waals surface area contributed by atoms with Crippen LogP contribution in [-0.4, -0.2) is 38.5 Å². The Morgan fingerprint density at radius 3 is 2.61 bits per heavy atom. The Bertz CT molecular complexity index is 1010. The van der Waals surface area contributed by atoms with Crippen molar-refractivity contribution in [1.82, 2.24) is 19.6 Å². The van der Waals surface area contributed by atoms with Crippen molar-refractivity contribution in [2.24, 2.45) is 0 Å². The number of nitrogens with zero attached hydrogens (tertiary/aromatic N) is 4. The Labute approximate surface area is 170 Å². The molecular formula is C19H20BrN5O3. The molecule has 28 heavy (non-hydrogen) atoms. The first-order valence-corrected chi connectivity index (χ1v) is 9.31. The van der Waals surface area contributed by atoms with E-state index in [0.29, 0.717) is 17.8 Å². The summed E-state index contributed by atoms with van der Waals surface area (Å²) in [6, 6.07) is 7.17. The number of carbonyl (C=O) groups excluding carboxylic acids is 2. The van der Waals surface area contributed by atoms with E-state index >= 15 is 0 Å². The van der Waals surface area contributed by atoms with Crippen molar-refractivity contribution < 1.29 is 14.3 Å². The Kier molecular flexibility index (Phi) is 5.64. The molecule has 3 rings (SSSR count). The molecule has 0 saturated carbocycles. The van der Waals surface area contributed by atoms with Gasteiger partial charge in [0.2, 0.25) is 0 Å². The highest BCUT2D eigenvalue weighted by Gasteiger charge is 2.31. The summed E-state index contributed by atoms with van der Waals surface area (Å²) in [4.78, 5) is 24.6. The number of nitrogens with one attached hydrogen (secondary N) is 1. The van der Waals surface area contributed by atoms with Gasteiger partial charge in [-0.2, -0.15) is 10.2 Å². The molecule has 0 bridgehead atoms. The number of anilines is 1. The molecule has 2 aromatic heterocycles. The first-order chi connectivity index (χ1) is 13.3. The average molecular weight is 446 g/mol. The quantitative estimate of drug-likeness (QED) is 0.588. The summed E-state index contributed by atoms with van der Waals surface area (Å²) in [7, 11) is 1.35. The van der Waals surface area contributed by atoms with Crippen LogP contribution in [0.3, 0.4) is 0 Å². The summed E-state index contributed by atoms with van der Waals surface area (Å²) in [6.45, 7) is 3.92. The molecule has 1 aromatic carbocycles. The van der Waals surface area contributed by atoms with E-state index in [9.17, 15) is 9.59 Å². The Morgan fingerprint density at radius 1 is 1.18 bits per heavy atom. The van der Waals surface area contributed by atoms with Gasteiger partial charge < -0.3 is 10.1 Å². The largest absolute Gasteiger partial charge is 0.465 e. The highest BCUT2D eigenvalue weighted by molar-refractivity contribution is 9.10.